The van der Waals surface area contributed by atoms with Crippen molar-refractivity contribution in [3.63, 3.8) is 0 Å². The van der Waals surface area contributed by atoms with Gasteiger partial charge in [0.1, 0.15) is 16.7 Å². The molecule has 0 spiro atoms. The molecule has 0 bridgehead atoms. The Bertz CT molecular complexity index is 1030. The Morgan fingerprint density at radius 1 is 1.15 bits per heavy atom. The summed E-state index contributed by atoms with van der Waals surface area (Å²) in [5, 5.41) is 1.62. The monoisotopic (exact) mass is 384 g/mol. The average molecular weight is 384 g/mol. The van der Waals surface area contributed by atoms with E-state index in [1.54, 1.807) is 49.4 Å². The van der Waals surface area contributed by atoms with Crippen LogP contribution in [0.25, 0.3) is 0 Å². The van der Waals surface area contributed by atoms with Gasteiger partial charge in [-0.2, -0.15) is 0 Å². The quantitative estimate of drug-likeness (QED) is 0.705. The van der Waals surface area contributed by atoms with E-state index in [0.29, 0.717) is 5.56 Å². The molecule has 0 saturated carbocycles. The fourth-order valence-corrected chi connectivity index (χ4v) is 4.69. The molecule has 6 nitrogen and oxygen atoms in total. The molecule has 27 heavy (non-hydrogen) atoms. The maximum Gasteiger partial charge on any atom is 0.269 e. The first-order valence-electron chi connectivity index (χ1n) is 8.43. The summed E-state index contributed by atoms with van der Waals surface area (Å²) in [5.74, 6) is -0.166. The van der Waals surface area contributed by atoms with Gasteiger partial charge in [0.2, 0.25) is 0 Å². The van der Waals surface area contributed by atoms with Crippen molar-refractivity contribution in [3.8, 4) is 0 Å². The Morgan fingerprint density at radius 2 is 1.96 bits per heavy atom. The number of rotatable bonds is 6. The molecule has 140 valence electrons. The third-order valence-electron chi connectivity index (χ3n) is 4.23. The van der Waals surface area contributed by atoms with E-state index in [4.69, 9.17) is 4.42 Å². The number of aryl methyl sites for hydroxylation is 2. The molecule has 3 aromatic rings. The number of sulfone groups is 1. The molecule has 0 aliphatic rings. The van der Waals surface area contributed by atoms with Gasteiger partial charge in [-0.15, -0.1) is 0 Å². The van der Waals surface area contributed by atoms with E-state index >= 15 is 0 Å². The van der Waals surface area contributed by atoms with Crippen LogP contribution in [0.15, 0.2) is 70.3 Å². The number of furan rings is 1. The normalized spacial score (nSPS) is 12.5. The fourth-order valence-electron chi connectivity index (χ4n) is 2.78. The van der Waals surface area contributed by atoms with Gasteiger partial charge in [0.15, 0.2) is 9.84 Å². The van der Waals surface area contributed by atoms with Gasteiger partial charge in [-0.1, -0.05) is 18.2 Å². The predicted octanol–water partition coefficient (Wildman–Crippen LogP) is 3.24. The van der Waals surface area contributed by atoms with Gasteiger partial charge in [-0.3, -0.25) is 9.78 Å². The number of hydrogen-bond acceptors (Lipinski definition) is 5. The standard InChI is InChI=1S/C20H20N2O4S/c1-14-8-9-15(2)18(12-14)27(24,25)19(17-7-5-11-26-17)13-22-20(23)16-6-3-4-10-21-16/h3-12,19H,13H2,1-2H3,(H,22,23)/t19-/m1/s1. The molecule has 2 aromatic heterocycles. The van der Waals surface area contributed by atoms with Crippen LogP contribution in [-0.4, -0.2) is 25.9 Å². The number of amides is 1. The number of aromatic nitrogens is 1. The molecule has 1 N–H and O–H groups in total. The lowest BCUT2D eigenvalue weighted by Gasteiger charge is -2.18. The Hall–Kier alpha value is -2.93. The van der Waals surface area contributed by atoms with E-state index in [1.807, 2.05) is 13.0 Å². The summed E-state index contributed by atoms with van der Waals surface area (Å²) in [6.45, 7) is 3.46. The van der Waals surface area contributed by atoms with Crippen LogP contribution in [0.4, 0.5) is 0 Å². The van der Waals surface area contributed by atoms with E-state index in [1.165, 1.54) is 12.5 Å². The van der Waals surface area contributed by atoms with Crippen molar-refractivity contribution in [3.05, 3.63) is 83.6 Å². The van der Waals surface area contributed by atoms with Crippen LogP contribution in [0.3, 0.4) is 0 Å². The van der Waals surface area contributed by atoms with E-state index < -0.39 is 21.0 Å². The second kappa shape index (κ2) is 7.75. The topological polar surface area (TPSA) is 89.3 Å². The van der Waals surface area contributed by atoms with Gasteiger partial charge in [-0.05, 0) is 55.3 Å². The summed E-state index contributed by atoms with van der Waals surface area (Å²) in [7, 11) is -3.78. The van der Waals surface area contributed by atoms with Crippen molar-refractivity contribution in [1.29, 1.82) is 0 Å². The summed E-state index contributed by atoms with van der Waals surface area (Å²) < 4.78 is 32.0. The molecule has 2 heterocycles. The Labute approximate surface area is 158 Å². The first-order valence-corrected chi connectivity index (χ1v) is 9.98. The summed E-state index contributed by atoms with van der Waals surface area (Å²) in [5.41, 5.74) is 1.71. The Morgan fingerprint density at radius 3 is 2.63 bits per heavy atom. The van der Waals surface area contributed by atoms with Crippen LogP contribution in [0.2, 0.25) is 0 Å². The molecule has 0 unspecified atom stereocenters. The number of nitrogens with zero attached hydrogens (tertiary/aromatic N) is 1. The number of benzene rings is 1. The number of carbonyl (C=O) groups is 1. The number of hydrogen-bond donors (Lipinski definition) is 1. The number of pyridine rings is 1. The van der Waals surface area contributed by atoms with Gasteiger partial charge >= 0.3 is 0 Å². The lowest BCUT2D eigenvalue weighted by atomic mass is 10.2. The highest BCUT2D eigenvalue weighted by atomic mass is 32.2. The first kappa shape index (κ1) is 18.8. The summed E-state index contributed by atoms with van der Waals surface area (Å²) >= 11 is 0. The molecule has 1 aromatic carbocycles. The molecule has 0 fully saturated rings. The molecule has 3 rings (SSSR count). The minimum absolute atomic E-state index is 0.126. The van der Waals surface area contributed by atoms with Gasteiger partial charge in [-0.25, -0.2) is 8.42 Å². The SMILES string of the molecule is Cc1ccc(C)c(S(=O)(=O)[C@H](CNC(=O)c2ccccn2)c2ccco2)c1. The zero-order valence-electron chi connectivity index (χ0n) is 15.0. The molecule has 0 aliphatic carbocycles. The Balaban J connectivity index is 1.92. The van der Waals surface area contributed by atoms with E-state index in [-0.39, 0.29) is 22.9 Å². The minimum Gasteiger partial charge on any atom is -0.468 e. The van der Waals surface area contributed by atoms with Gasteiger partial charge in [0.25, 0.3) is 5.91 Å². The van der Waals surface area contributed by atoms with E-state index in [9.17, 15) is 13.2 Å². The third-order valence-corrected chi connectivity index (χ3v) is 6.43. The lowest BCUT2D eigenvalue weighted by molar-refractivity contribution is 0.0948. The van der Waals surface area contributed by atoms with Crippen LogP contribution in [-0.2, 0) is 9.84 Å². The van der Waals surface area contributed by atoms with Crippen LogP contribution in [0, 0.1) is 13.8 Å². The van der Waals surface area contributed by atoms with Crippen LogP contribution in [0.1, 0.15) is 32.6 Å². The molecule has 1 atom stereocenters. The summed E-state index contributed by atoms with van der Waals surface area (Å²) in [4.78, 5) is 16.5. The van der Waals surface area contributed by atoms with Gasteiger partial charge < -0.3 is 9.73 Å². The average Bonchev–Trinajstić information content (AvgIpc) is 3.18. The molecule has 7 heteroatoms. The highest BCUT2D eigenvalue weighted by molar-refractivity contribution is 7.91. The summed E-state index contributed by atoms with van der Waals surface area (Å²) in [6.07, 6.45) is 2.92. The molecular formula is C20H20N2O4S. The van der Waals surface area contributed by atoms with Crippen molar-refractivity contribution in [2.75, 3.05) is 6.54 Å². The number of carbonyl (C=O) groups excluding carboxylic acids is 1. The van der Waals surface area contributed by atoms with E-state index in [2.05, 4.69) is 10.3 Å². The smallest absolute Gasteiger partial charge is 0.269 e. The highest BCUT2D eigenvalue weighted by Crippen LogP contribution is 2.31. The van der Waals surface area contributed by atoms with E-state index in [0.717, 1.165) is 5.56 Å². The minimum atomic E-state index is -3.78. The zero-order chi connectivity index (χ0) is 19.4. The maximum absolute atomic E-state index is 13.3. The van der Waals surface area contributed by atoms with Crippen LogP contribution >= 0.6 is 0 Å². The van der Waals surface area contributed by atoms with Gasteiger partial charge in [0, 0.05) is 12.7 Å². The predicted molar refractivity (Wildman–Crippen MR) is 101 cm³/mol. The number of nitrogens with one attached hydrogen (secondary N) is 1. The van der Waals surface area contributed by atoms with Crippen molar-refractivity contribution >= 4 is 15.7 Å². The largest absolute Gasteiger partial charge is 0.468 e. The van der Waals surface area contributed by atoms with Gasteiger partial charge in [0.05, 0.1) is 11.2 Å². The second-order valence-corrected chi connectivity index (χ2v) is 8.34. The third kappa shape index (κ3) is 4.09. The Kier molecular flexibility index (Phi) is 5.41. The molecule has 0 radical (unpaired) electrons. The zero-order valence-corrected chi connectivity index (χ0v) is 15.9. The van der Waals surface area contributed by atoms with Crippen LogP contribution in [0.5, 0.6) is 0 Å². The molecule has 0 saturated heterocycles. The molecule has 1 amide bonds. The lowest BCUT2D eigenvalue weighted by Crippen LogP contribution is -2.32. The second-order valence-electron chi connectivity index (χ2n) is 6.24. The van der Waals surface area contributed by atoms with Crippen molar-refractivity contribution in [2.24, 2.45) is 0 Å². The molecular weight excluding hydrogens is 364 g/mol. The van der Waals surface area contributed by atoms with Crippen molar-refractivity contribution < 1.29 is 17.6 Å². The maximum atomic E-state index is 13.3. The van der Waals surface area contributed by atoms with Crippen molar-refractivity contribution in [2.45, 2.75) is 24.0 Å². The highest BCUT2D eigenvalue weighted by Gasteiger charge is 2.33. The van der Waals surface area contributed by atoms with Crippen molar-refractivity contribution in [1.82, 2.24) is 10.3 Å². The van der Waals surface area contributed by atoms with Crippen LogP contribution < -0.4 is 5.32 Å². The molecule has 0 aliphatic heterocycles. The summed E-state index contributed by atoms with van der Waals surface area (Å²) in [6, 6.07) is 13.5. The fraction of sp³-hybridized carbons (Fsp3) is 0.200. The first-order chi connectivity index (χ1) is 12.9.